The molecule has 0 aliphatic carbocycles. The summed E-state index contributed by atoms with van der Waals surface area (Å²) in [6.45, 7) is 4.63. The highest BCUT2D eigenvalue weighted by molar-refractivity contribution is 7.80. The van der Waals surface area contributed by atoms with Crippen LogP contribution in [-0.4, -0.2) is 17.8 Å². The zero-order valence-corrected chi connectivity index (χ0v) is 11.7. The van der Waals surface area contributed by atoms with Crippen LogP contribution >= 0.6 is 12.2 Å². The third kappa shape index (κ3) is 6.71. The summed E-state index contributed by atoms with van der Waals surface area (Å²) in [5.41, 5.74) is 0.862. The van der Waals surface area contributed by atoms with Crippen LogP contribution in [-0.2, 0) is 11.3 Å². The maximum absolute atomic E-state index is 12.7. The summed E-state index contributed by atoms with van der Waals surface area (Å²) in [5, 5.41) is 5.41. The standard InChI is InChI=1S/C13H17FN2O2S/c1-9(2)8-18-13(17)16-12(19)15-7-10-3-5-11(14)6-4-10/h3-6,9H,7-8H2,1-2H3,(H2,15,16,17,19). The van der Waals surface area contributed by atoms with Crippen LogP contribution in [0.25, 0.3) is 0 Å². The van der Waals surface area contributed by atoms with Crippen molar-refractivity contribution in [1.29, 1.82) is 0 Å². The minimum absolute atomic E-state index is 0.179. The Morgan fingerprint density at radius 3 is 2.58 bits per heavy atom. The Balaban J connectivity index is 2.27. The highest BCUT2D eigenvalue weighted by Crippen LogP contribution is 2.01. The van der Waals surface area contributed by atoms with E-state index in [1.807, 2.05) is 13.8 Å². The maximum Gasteiger partial charge on any atom is 0.413 e. The number of amides is 1. The summed E-state index contributed by atoms with van der Waals surface area (Å²) in [4.78, 5) is 11.3. The van der Waals surface area contributed by atoms with Crippen molar-refractivity contribution >= 4 is 23.4 Å². The highest BCUT2D eigenvalue weighted by atomic mass is 32.1. The predicted molar refractivity (Wildman–Crippen MR) is 75.2 cm³/mol. The van der Waals surface area contributed by atoms with Gasteiger partial charge in [-0.1, -0.05) is 26.0 Å². The van der Waals surface area contributed by atoms with Gasteiger partial charge in [0.2, 0.25) is 0 Å². The predicted octanol–water partition coefficient (Wildman–Crippen LogP) is 2.58. The van der Waals surface area contributed by atoms with Crippen LogP contribution in [0.2, 0.25) is 0 Å². The second kappa shape index (κ2) is 7.68. The molecule has 4 nitrogen and oxygen atoms in total. The van der Waals surface area contributed by atoms with Gasteiger partial charge in [-0.05, 0) is 35.8 Å². The number of hydrogen-bond acceptors (Lipinski definition) is 3. The Morgan fingerprint density at radius 1 is 1.37 bits per heavy atom. The van der Waals surface area contributed by atoms with Crippen LogP contribution in [0.15, 0.2) is 24.3 Å². The summed E-state index contributed by atoms with van der Waals surface area (Å²) in [6, 6.07) is 6.01. The van der Waals surface area contributed by atoms with Gasteiger partial charge in [0.05, 0.1) is 6.61 Å². The molecule has 2 N–H and O–H groups in total. The van der Waals surface area contributed by atoms with E-state index < -0.39 is 6.09 Å². The minimum atomic E-state index is -0.578. The lowest BCUT2D eigenvalue weighted by Crippen LogP contribution is -2.39. The van der Waals surface area contributed by atoms with Crippen molar-refractivity contribution in [2.45, 2.75) is 20.4 Å². The fourth-order valence-corrected chi connectivity index (χ4v) is 1.36. The first-order valence-corrected chi connectivity index (χ1v) is 6.34. The Labute approximate surface area is 117 Å². The number of benzene rings is 1. The first-order valence-electron chi connectivity index (χ1n) is 5.93. The third-order valence-electron chi connectivity index (χ3n) is 2.13. The second-order valence-electron chi connectivity index (χ2n) is 4.43. The molecule has 0 fully saturated rings. The molecule has 0 radical (unpaired) electrons. The monoisotopic (exact) mass is 284 g/mol. The first-order chi connectivity index (χ1) is 8.97. The Hall–Kier alpha value is -1.69. The second-order valence-corrected chi connectivity index (χ2v) is 4.83. The molecule has 0 aromatic heterocycles. The van der Waals surface area contributed by atoms with Crippen molar-refractivity contribution in [3.8, 4) is 0 Å². The van der Waals surface area contributed by atoms with Crippen LogP contribution in [0.1, 0.15) is 19.4 Å². The van der Waals surface area contributed by atoms with E-state index in [4.69, 9.17) is 17.0 Å². The fourth-order valence-electron chi connectivity index (χ4n) is 1.20. The SMILES string of the molecule is CC(C)COC(=O)NC(=S)NCc1ccc(F)cc1. The average Bonchev–Trinajstić information content (AvgIpc) is 2.36. The number of thiocarbonyl (C=S) groups is 1. The molecule has 0 unspecified atom stereocenters. The summed E-state index contributed by atoms with van der Waals surface area (Å²) < 4.78 is 17.6. The normalized spacial score (nSPS) is 10.1. The Kier molecular flexibility index (Phi) is 6.21. The topological polar surface area (TPSA) is 50.4 Å². The molecule has 0 aliphatic heterocycles. The molecule has 0 aliphatic rings. The van der Waals surface area contributed by atoms with Gasteiger partial charge in [-0.2, -0.15) is 0 Å². The van der Waals surface area contributed by atoms with Crippen LogP contribution in [0.4, 0.5) is 9.18 Å². The summed E-state index contributed by atoms with van der Waals surface area (Å²) in [5.74, 6) is -0.0202. The Morgan fingerprint density at radius 2 is 2.00 bits per heavy atom. The number of halogens is 1. The molecule has 6 heteroatoms. The van der Waals surface area contributed by atoms with Crippen LogP contribution < -0.4 is 10.6 Å². The lowest BCUT2D eigenvalue weighted by atomic mass is 10.2. The largest absolute Gasteiger partial charge is 0.449 e. The molecule has 104 valence electrons. The van der Waals surface area contributed by atoms with Crippen LogP contribution in [0.5, 0.6) is 0 Å². The summed E-state index contributed by atoms with van der Waals surface area (Å²) in [7, 11) is 0. The number of carbonyl (C=O) groups excluding carboxylic acids is 1. The molecule has 1 aromatic rings. The van der Waals surface area contributed by atoms with Crippen molar-refractivity contribution in [1.82, 2.24) is 10.6 Å². The molecule has 0 heterocycles. The highest BCUT2D eigenvalue weighted by Gasteiger charge is 2.06. The molecule has 0 bridgehead atoms. The number of carbonyl (C=O) groups is 1. The zero-order chi connectivity index (χ0) is 14.3. The van der Waals surface area contributed by atoms with E-state index in [1.54, 1.807) is 12.1 Å². The van der Waals surface area contributed by atoms with E-state index >= 15 is 0 Å². The van der Waals surface area contributed by atoms with Gasteiger partial charge in [-0.3, -0.25) is 5.32 Å². The van der Waals surface area contributed by atoms with E-state index in [0.717, 1.165) is 5.56 Å². The average molecular weight is 284 g/mol. The molecule has 0 spiro atoms. The van der Waals surface area contributed by atoms with Crippen LogP contribution in [0, 0.1) is 11.7 Å². The van der Waals surface area contributed by atoms with Crippen molar-refractivity contribution in [2.75, 3.05) is 6.61 Å². The number of ether oxygens (including phenoxy) is 1. The number of rotatable bonds is 4. The van der Waals surface area contributed by atoms with E-state index in [9.17, 15) is 9.18 Å². The van der Waals surface area contributed by atoms with Gasteiger partial charge < -0.3 is 10.1 Å². The van der Waals surface area contributed by atoms with E-state index in [-0.39, 0.29) is 16.8 Å². The van der Waals surface area contributed by atoms with Crippen molar-refractivity contribution in [3.05, 3.63) is 35.6 Å². The van der Waals surface area contributed by atoms with E-state index in [2.05, 4.69) is 10.6 Å². The molecule has 1 amide bonds. The first kappa shape index (κ1) is 15.4. The van der Waals surface area contributed by atoms with E-state index in [0.29, 0.717) is 13.2 Å². The van der Waals surface area contributed by atoms with Gasteiger partial charge in [0, 0.05) is 6.54 Å². The maximum atomic E-state index is 12.7. The van der Waals surface area contributed by atoms with Crippen LogP contribution in [0.3, 0.4) is 0 Å². The number of nitrogens with one attached hydrogen (secondary N) is 2. The number of alkyl carbamates (subject to hydrolysis) is 1. The molecule has 1 aromatic carbocycles. The summed E-state index contributed by atoms with van der Waals surface area (Å²) in [6.07, 6.45) is -0.578. The van der Waals surface area contributed by atoms with Gasteiger partial charge in [0.25, 0.3) is 0 Å². The van der Waals surface area contributed by atoms with Gasteiger partial charge in [-0.15, -0.1) is 0 Å². The molecule has 0 saturated carbocycles. The molecule has 0 atom stereocenters. The van der Waals surface area contributed by atoms with Gasteiger partial charge in [0.15, 0.2) is 5.11 Å². The fraction of sp³-hybridized carbons (Fsp3) is 0.385. The lowest BCUT2D eigenvalue weighted by Gasteiger charge is -2.11. The van der Waals surface area contributed by atoms with Crippen molar-refractivity contribution in [2.24, 2.45) is 5.92 Å². The van der Waals surface area contributed by atoms with Crippen molar-refractivity contribution in [3.63, 3.8) is 0 Å². The minimum Gasteiger partial charge on any atom is -0.449 e. The van der Waals surface area contributed by atoms with Crippen molar-refractivity contribution < 1.29 is 13.9 Å². The molecule has 19 heavy (non-hydrogen) atoms. The molecular weight excluding hydrogens is 267 g/mol. The third-order valence-corrected chi connectivity index (χ3v) is 2.38. The molecule has 0 saturated heterocycles. The smallest absolute Gasteiger partial charge is 0.413 e. The van der Waals surface area contributed by atoms with Gasteiger partial charge >= 0.3 is 6.09 Å². The summed E-state index contributed by atoms with van der Waals surface area (Å²) >= 11 is 4.94. The Bertz CT molecular complexity index is 435. The zero-order valence-electron chi connectivity index (χ0n) is 10.9. The quantitative estimate of drug-likeness (QED) is 0.834. The molecule has 1 rings (SSSR count). The van der Waals surface area contributed by atoms with E-state index in [1.165, 1.54) is 12.1 Å². The molecular formula is C13H17FN2O2S. The number of hydrogen-bond donors (Lipinski definition) is 2. The van der Waals surface area contributed by atoms with Gasteiger partial charge in [0.1, 0.15) is 5.82 Å². The lowest BCUT2D eigenvalue weighted by molar-refractivity contribution is 0.138. The van der Waals surface area contributed by atoms with Gasteiger partial charge in [-0.25, -0.2) is 9.18 Å².